The molecule has 0 amide bonds. The Morgan fingerprint density at radius 1 is 1.11 bits per heavy atom. The average molecular weight is 260 g/mol. The Kier molecular flexibility index (Phi) is 4.97. The van der Waals surface area contributed by atoms with Gasteiger partial charge < -0.3 is 5.11 Å². The van der Waals surface area contributed by atoms with Crippen molar-refractivity contribution in [2.45, 2.75) is 38.7 Å². The van der Waals surface area contributed by atoms with Crippen molar-refractivity contribution in [2.24, 2.45) is 0 Å². The van der Waals surface area contributed by atoms with E-state index in [0.717, 1.165) is 25.7 Å². The quantitative estimate of drug-likeness (QED) is 0.833. The molecule has 1 nitrogen and oxygen atoms in total. The van der Waals surface area contributed by atoms with E-state index < -0.39 is 0 Å². The maximum Gasteiger partial charge on any atom is 0.0546 e. The van der Waals surface area contributed by atoms with Crippen LogP contribution in [0.2, 0.25) is 0 Å². The Bertz CT molecular complexity index is 462. The Balaban J connectivity index is 1.73. The second-order valence-corrected chi connectivity index (χ2v) is 5.83. The highest BCUT2D eigenvalue weighted by Crippen LogP contribution is 2.15. The van der Waals surface area contributed by atoms with E-state index in [2.05, 4.69) is 48.7 Å². The first-order chi connectivity index (χ1) is 8.74. The molecule has 0 radical (unpaired) electrons. The van der Waals surface area contributed by atoms with Crippen LogP contribution in [0.15, 0.2) is 41.8 Å². The molecule has 2 aromatic rings. The number of benzene rings is 1. The van der Waals surface area contributed by atoms with Gasteiger partial charge in [0.1, 0.15) is 0 Å². The SMILES string of the molecule is Cc1cccc(CCC(O)CCc2cccs2)c1. The third-order valence-corrected chi connectivity index (χ3v) is 4.09. The van der Waals surface area contributed by atoms with Gasteiger partial charge in [0, 0.05) is 4.88 Å². The van der Waals surface area contributed by atoms with E-state index in [1.54, 1.807) is 11.3 Å². The number of rotatable bonds is 6. The molecule has 0 saturated heterocycles. The molecule has 0 bridgehead atoms. The van der Waals surface area contributed by atoms with Gasteiger partial charge in [-0.15, -0.1) is 11.3 Å². The summed E-state index contributed by atoms with van der Waals surface area (Å²) in [5.41, 5.74) is 2.62. The van der Waals surface area contributed by atoms with Gasteiger partial charge in [-0.25, -0.2) is 0 Å². The normalized spacial score (nSPS) is 12.6. The standard InChI is InChI=1S/C16H20OS/c1-13-4-2-5-14(12-13)7-8-15(17)9-10-16-6-3-11-18-16/h2-6,11-12,15,17H,7-10H2,1H3. The van der Waals surface area contributed by atoms with E-state index in [0.29, 0.717) is 0 Å². The lowest BCUT2D eigenvalue weighted by molar-refractivity contribution is 0.155. The van der Waals surface area contributed by atoms with Gasteiger partial charge in [-0.1, -0.05) is 35.9 Å². The van der Waals surface area contributed by atoms with Gasteiger partial charge in [-0.3, -0.25) is 0 Å². The highest BCUT2D eigenvalue weighted by molar-refractivity contribution is 7.09. The van der Waals surface area contributed by atoms with Crippen molar-refractivity contribution in [3.05, 3.63) is 57.8 Å². The van der Waals surface area contributed by atoms with Crippen molar-refractivity contribution in [1.82, 2.24) is 0 Å². The van der Waals surface area contributed by atoms with Crippen LogP contribution in [0.25, 0.3) is 0 Å². The van der Waals surface area contributed by atoms with E-state index >= 15 is 0 Å². The van der Waals surface area contributed by atoms with E-state index in [1.165, 1.54) is 16.0 Å². The molecule has 1 unspecified atom stereocenters. The summed E-state index contributed by atoms with van der Waals surface area (Å²) >= 11 is 1.77. The second kappa shape index (κ2) is 6.72. The zero-order valence-corrected chi connectivity index (χ0v) is 11.6. The van der Waals surface area contributed by atoms with E-state index in [4.69, 9.17) is 0 Å². The lowest BCUT2D eigenvalue weighted by Gasteiger charge is -2.10. The van der Waals surface area contributed by atoms with Crippen LogP contribution in [0.1, 0.15) is 28.8 Å². The molecule has 1 N–H and O–H groups in total. The monoisotopic (exact) mass is 260 g/mol. The molecular formula is C16H20OS. The molecule has 2 rings (SSSR count). The lowest BCUT2D eigenvalue weighted by atomic mass is 10.0. The maximum absolute atomic E-state index is 9.98. The molecule has 1 aromatic heterocycles. The van der Waals surface area contributed by atoms with Crippen molar-refractivity contribution >= 4 is 11.3 Å². The smallest absolute Gasteiger partial charge is 0.0546 e. The molecule has 18 heavy (non-hydrogen) atoms. The molecule has 0 spiro atoms. The van der Waals surface area contributed by atoms with E-state index in [9.17, 15) is 5.11 Å². The zero-order valence-electron chi connectivity index (χ0n) is 10.8. The fourth-order valence-corrected chi connectivity index (χ4v) is 2.83. The van der Waals surface area contributed by atoms with Gasteiger partial charge in [-0.2, -0.15) is 0 Å². The van der Waals surface area contributed by atoms with Crippen LogP contribution >= 0.6 is 11.3 Å². The van der Waals surface area contributed by atoms with Crippen LogP contribution < -0.4 is 0 Å². The maximum atomic E-state index is 9.98. The minimum absolute atomic E-state index is 0.187. The number of aryl methyl sites for hydroxylation is 3. The third-order valence-electron chi connectivity index (χ3n) is 3.15. The van der Waals surface area contributed by atoms with Gasteiger partial charge in [0.15, 0.2) is 0 Å². The number of thiophene rings is 1. The number of aliphatic hydroxyl groups is 1. The number of hydrogen-bond acceptors (Lipinski definition) is 2. The highest BCUT2D eigenvalue weighted by atomic mass is 32.1. The molecule has 1 aromatic carbocycles. The summed E-state index contributed by atoms with van der Waals surface area (Å²) in [4.78, 5) is 1.37. The number of aliphatic hydroxyl groups excluding tert-OH is 1. The second-order valence-electron chi connectivity index (χ2n) is 4.80. The predicted octanol–water partition coefficient (Wildman–Crippen LogP) is 3.98. The first kappa shape index (κ1) is 13.3. The van der Waals surface area contributed by atoms with Gasteiger partial charge in [-0.05, 0) is 49.6 Å². The first-order valence-corrected chi connectivity index (χ1v) is 7.38. The lowest BCUT2D eigenvalue weighted by Crippen LogP contribution is -2.09. The van der Waals surface area contributed by atoms with Crippen LogP contribution in [-0.2, 0) is 12.8 Å². The van der Waals surface area contributed by atoms with Crippen molar-refractivity contribution in [3.63, 3.8) is 0 Å². The Hall–Kier alpha value is -1.12. The third kappa shape index (κ3) is 4.28. The molecule has 2 heteroatoms. The van der Waals surface area contributed by atoms with E-state index in [1.807, 2.05) is 0 Å². The molecule has 1 heterocycles. The Labute approximate surface area is 113 Å². The fourth-order valence-electron chi connectivity index (χ4n) is 2.11. The van der Waals surface area contributed by atoms with E-state index in [-0.39, 0.29) is 6.10 Å². The average Bonchev–Trinajstić information content (AvgIpc) is 2.87. The van der Waals surface area contributed by atoms with Gasteiger partial charge in [0.05, 0.1) is 6.10 Å². The number of hydrogen-bond donors (Lipinski definition) is 1. The molecule has 0 saturated carbocycles. The minimum Gasteiger partial charge on any atom is -0.393 e. The van der Waals surface area contributed by atoms with Crippen molar-refractivity contribution in [3.8, 4) is 0 Å². The molecule has 0 aliphatic carbocycles. The summed E-state index contributed by atoms with van der Waals surface area (Å²) in [7, 11) is 0. The molecular weight excluding hydrogens is 240 g/mol. The molecule has 0 fully saturated rings. The molecule has 96 valence electrons. The van der Waals surface area contributed by atoms with Gasteiger partial charge in [0.25, 0.3) is 0 Å². The Morgan fingerprint density at radius 2 is 1.94 bits per heavy atom. The van der Waals surface area contributed by atoms with Crippen molar-refractivity contribution in [1.29, 1.82) is 0 Å². The Morgan fingerprint density at radius 3 is 2.67 bits per heavy atom. The molecule has 1 atom stereocenters. The summed E-state index contributed by atoms with van der Waals surface area (Å²) in [5.74, 6) is 0. The summed E-state index contributed by atoms with van der Waals surface area (Å²) < 4.78 is 0. The van der Waals surface area contributed by atoms with Crippen LogP contribution in [0, 0.1) is 6.92 Å². The topological polar surface area (TPSA) is 20.2 Å². The van der Waals surface area contributed by atoms with Crippen LogP contribution in [0.5, 0.6) is 0 Å². The summed E-state index contributed by atoms with van der Waals surface area (Å²) in [6, 6.07) is 12.7. The van der Waals surface area contributed by atoms with Gasteiger partial charge in [0.2, 0.25) is 0 Å². The molecule has 0 aliphatic heterocycles. The van der Waals surface area contributed by atoms with Crippen LogP contribution in [0.3, 0.4) is 0 Å². The van der Waals surface area contributed by atoms with Crippen molar-refractivity contribution < 1.29 is 5.11 Å². The summed E-state index contributed by atoms with van der Waals surface area (Å²) in [6.07, 6.45) is 3.49. The van der Waals surface area contributed by atoms with Crippen LogP contribution in [0.4, 0.5) is 0 Å². The largest absolute Gasteiger partial charge is 0.393 e. The minimum atomic E-state index is -0.187. The zero-order chi connectivity index (χ0) is 12.8. The highest BCUT2D eigenvalue weighted by Gasteiger charge is 2.05. The van der Waals surface area contributed by atoms with Crippen LogP contribution in [-0.4, -0.2) is 11.2 Å². The fraction of sp³-hybridized carbons (Fsp3) is 0.375. The first-order valence-electron chi connectivity index (χ1n) is 6.50. The predicted molar refractivity (Wildman–Crippen MR) is 78.1 cm³/mol. The summed E-state index contributed by atoms with van der Waals surface area (Å²) in [5, 5.41) is 12.1. The summed E-state index contributed by atoms with van der Waals surface area (Å²) in [6.45, 7) is 2.11. The molecule has 0 aliphatic rings. The van der Waals surface area contributed by atoms with Crippen molar-refractivity contribution in [2.75, 3.05) is 0 Å². The van der Waals surface area contributed by atoms with Gasteiger partial charge >= 0.3 is 0 Å².